The summed E-state index contributed by atoms with van der Waals surface area (Å²) in [5.41, 5.74) is 5.02. The molecule has 0 fully saturated rings. The number of carbonyl (C=O) groups is 1. The largest absolute Gasteiger partial charge is 0.325 e. The van der Waals surface area contributed by atoms with Gasteiger partial charge < -0.3 is 5.32 Å². The molecule has 2 aromatic carbocycles. The normalized spacial score (nSPS) is 13.9. The summed E-state index contributed by atoms with van der Waals surface area (Å²) in [6, 6.07) is 15.9. The molecule has 0 radical (unpaired) electrons. The lowest BCUT2D eigenvalue weighted by Gasteiger charge is -2.32. The predicted octanol–water partition coefficient (Wildman–Crippen LogP) is 4.84. The van der Waals surface area contributed by atoms with Crippen LogP contribution >= 0.6 is 11.8 Å². The molecule has 2 aromatic heterocycles. The summed E-state index contributed by atoms with van der Waals surface area (Å²) in [5.74, 6) is 0.513. The fraction of sp³-hybridized carbons (Fsp3) is 0.333. The molecule has 1 aliphatic carbocycles. The number of aryl methyl sites for hydroxylation is 2. The van der Waals surface area contributed by atoms with Gasteiger partial charge in [-0.1, -0.05) is 68.9 Å². The van der Waals surface area contributed by atoms with Crippen LogP contribution in [-0.4, -0.2) is 30.8 Å². The summed E-state index contributed by atoms with van der Waals surface area (Å²) >= 11 is 1.26. The average molecular weight is 488 g/mol. The number of aromatic nitrogens is 4. The first-order valence-corrected chi connectivity index (χ1v) is 12.9. The van der Waals surface area contributed by atoms with Gasteiger partial charge in [-0.15, -0.1) is 5.10 Å². The Kier molecular flexibility index (Phi) is 6.01. The smallest absolute Gasteiger partial charge is 0.265 e. The molecule has 1 amide bonds. The van der Waals surface area contributed by atoms with Crippen molar-refractivity contribution in [2.75, 3.05) is 11.1 Å². The van der Waals surface area contributed by atoms with Gasteiger partial charge in [0.2, 0.25) is 11.7 Å². The van der Waals surface area contributed by atoms with Gasteiger partial charge in [0.1, 0.15) is 0 Å². The van der Waals surface area contributed by atoms with Crippen molar-refractivity contribution >= 4 is 29.1 Å². The van der Waals surface area contributed by atoms with Crippen molar-refractivity contribution < 1.29 is 4.79 Å². The quantitative estimate of drug-likeness (QED) is 0.394. The third kappa shape index (κ3) is 4.27. The zero-order valence-corrected chi connectivity index (χ0v) is 21.3. The van der Waals surface area contributed by atoms with Gasteiger partial charge in [0.05, 0.1) is 17.0 Å². The molecule has 0 spiro atoms. The molecule has 0 atom stereocenters. The molecule has 0 bridgehead atoms. The number of amides is 1. The van der Waals surface area contributed by atoms with Gasteiger partial charge in [0, 0.05) is 23.2 Å². The molecule has 0 saturated carbocycles. The number of nitrogens with one attached hydrogen (secondary N) is 1. The van der Waals surface area contributed by atoms with Gasteiger partial charge >= 0.3 is 0 Å². The Balaban J connectivity index is 1.56. The number of anilines is 1. The highest BCUT2D eigenvalue weighted by atomic mass is 32.2. The number of fused-ring (bicyclic) bond motifs is 4. The predicted molar refractivity (Wildman–Crippen MR) is 140 cm³/mol. The molecule has 1 N–H and O–H groups in total. The van der Waals surface area contributed by atoms with Crippen molar-refractivity contribution in [3.63, 3.8) is 0 Å². The first-order valence-electron chi connectivity index (χ1n) is 11.9. The molecule has 35 heavy (non-hydrogen) atoms. The molecule has 4 aromatic rings. The lowest BCUT2D eigenvalue weighted by molar-refractivity contribution is -0.113. The van der Waals surface area contributed by atoms with Crippen LogP contribution in [0.5, 0.6) is 0 Å². The number of thioether (sulfide) groups is 1. The molecule has 0 saturated heterocycles. The highest BCUT2D eigenvalue weighted by Crippen LogP contribution is 2.40. The Labute approximate surface area is 208 Å². The van der Waals surface area contributed by atoms with Crippen LogP contribution in [0.3, 0.4) is 0 Å². The van der Waals surface area contributed by atoms with E-state index in [0.717, 1.165) is 35.3 Å². The molecule has 2 heterocycles. The maximum absolute atomic E-state index is 14.0. The Morgan fingerprint density at radius 2 is 1.97 bits per heavy atom. The third-order valence-corrected chi connectivity index (χ3v) is 7.27. The van der Waals surface area contributed by atoms with Gasteiger partial charge in [-0.05, 0) is 43.0 Å². The van der Waals surface area contributed by atoms with Gasteiger partial charge in [-0.2, -0.15) is 0 Å². The van der Waals surface area contributed by atoms with Gasteiger partial charge in [0.25, 0.3) is 5.56 Å². The number of benzene rings is 2. The second kappa shape index (κ2) is 9.00. The minimum Gasteiger partial charge on any atom is -0.325 e. The summed E-state index contributed by atoms with van der Waals surface area (Å²) in [7, 11) is 0. The zero-order valence-electron chi connectivity index (χ0n) is 20.5. The van der Waals surface area contributed by atoms with Crippen LogP contribution in [0.2, 0.25) is 0 Å². The van der Waals surface area contributed by atoms with E-state index in [1.165, 1.54) is 17.3 Å². The Hall–Kier alpha value is -3.39. The van der Waals surface area contributed by atoms with Crippen LogP contribution < -0.4 is 10.9 Å². The number of hydrogen-bond acceptors (Lipinski definition) is 5. The fourth-order valence-electron chi connectivity index (χ4n) is 4.83. The lowest BCUT2D eigenvalue weighted by atomic mass is 9.72. The van der Waals surface area contributed by atoms with Crippen molar-refractivity contribution in [2.45, 2.75) is 57.7 Å². The van der Waals surface area contributed by atoms with E-state index in [1.54, 1.807) is 9.08 Å². The van der Waals surface area contributed by atoms with E-state index in [4.69, 9.17) is 10.1 Å². The molecule has 5 rings (SSSR count). The summed E-state index contributed by atoms with van der Waals surface area (Å²) in [6.45, 7) is 8.87. The molecule has 1 aliphatic rings. The molecule has 8 heteroatoms. The van der Waals surface area contributed by atoms with Gasteiger partial charge in [-0.25, -0.2) is 14.1 Å². The van der Waals surface area contributed by atoms with Crippen molar-refractivity contribution in [3.05, 3.63) is 75.6 Å². The summed E-state index contributed by atoms with van der Waals surface area (Å²) in [4.78, 5) is 31.6. The fourth-order valence-corrected chi connectivity index (χ4v) is 5.61. The number of nitrogens with zero attached hydrogens (tertiary/aromatic N) is 4. The lowest BCUT2D eigenvalue weighted by Crippen LogP contribution is -2.36. The van der Waals surface area contributed by atoms with Gasteiger partial charge in [-0.3, -0.25) is 9.59 Å². The number of carbonyl (C=O) groups excluding carboxylic acids is 1. The number of hydrogen-bond donors (Lipinski definition) is 1. The Morgan fingerprint density at radius 3 is 2.74 bits per heavy atom. The van der Waals surface area contributed by atoms with Crippen LogP contribution in [0.15, 0.2) is 58.5 Å². The first-order chi connectivity index (χ1) is 16.8. The maximum atomic E-state index is 14.0. The molecule has 7 nitrogen and oxygen atoms in total. The monoisotopic (exact) mass is 487 g/mol. The van der Waals surface area contributed by atoms with Crippen molar-refractivity contribution in [3.8, 4) is 11.3 Å². The third-order valence-electron chi connectivity index (χ3n) is 6.35. The summed E-state index contributed by atoms with van der Waals surface area (Å²) < 4.78 is 3.38. The van der Waals surface area contributed by atoms with E-state index >= 15 is 0 Å². The molecule has 0 aliphatic heterocycles. The minimum atomic E-state index is -0.369. The standard InChI is InChI=1S/C27H29N5O2S/c1-5-13-31-25-29-23-20-12-7-6-10-18(20)15-27(3,4)22(23)24(34)32(25)26(30-31)35-16-21(33)28-19-11-8-9-17(2)14-19/h6-12,14H,5,13,15-16H2,1-4H3,(H,28,33). The highest BCUT2D eigenvalue weighted by molar-refractivity contribution is 7.99. The van der Waals surface area contributed by atoms with E-state index in [0.29, 0.717) is 23.0 Å². The average Bonchev–Trinajstić information content (AvgIpc) is 3.15. The van der Waals surface area contributed by atoms with Crippen LogP contribution in [0.4, 0.5) is 5.69 Å². The molecular weight excluding hydrogens is 458 g/mol. The summed E-state index contributed by atoms with van der Waals surface area (Å²) in [6.07, 6.45) is 1.62. The molecule has 180 valence electrons. The van der Waals surface area contributed by atoms with Crippen LogP contribution in [-0.2, 0) is 23.2 Å². The van der Waals surface area contributed by atoms with E-state index in [9.17, 15) is 9.59 Å². The Morgan fingerprint density at radius 1 is 1.17 bits per heavy atom. The first kappa shape index (κ1) is 23.4. The SMILES string of the molecule is CCCn1nc(SCC(=O)Nc2cccc(C)c2)n2c(=O)c3c(nc12)-c1ccccc1CC3(C)C. The second-order valence-corrected chi connectivity index (χ2v) is 10.6. The van der Waals surface area contributed by atoms with Gasteiger partial charge in [0.15, 0.2) is 5.16 Å². The zero-order chi connectivity index (χ0) is 24.7. The van der Waals surface area contributed by atoms with E-state index < -0.39 is 0 Å². The molecule has 0 unspecified atom stereocenters. The van der Waals surface area contributed by atoms with Crippen molar-refractivity contribution in [2.24, 2.45) is 0 Å². The van der Waals surface area contributed by atoms with Crippen LogP contribution in [0.25, 0.3) is 17.0 Å². The van der Waals surface area contributed by atoms with E-state index in [2.05, 4.69) is 32.2 Å². The topological polar surface area (TPSA) is 81.3 Å². The summed E-state index contributed by atoms with van der Waals surface area (Å²) in [5, 5.41) is 8.12. The highest BCUT2D eigenvalue weighted by Gasteiger charge is 2.36. The van der Waals surface area contributed by atoms with E-state index in [1.807, 2.05) is 49.4 Å². The minimum absolute atomic E-state index is 0.103. The number of rotatable bonds is 6. The molecular formula is C27H29N5O2S. The van der Waals surface area contributed by atoms with Crippen molar-refractivity contribution in [1.29, 1.82) is 0 Å². The van der Waals surface area contributed by atoms with Crippen molar-refractivity contribution in [1.82, 2.24) is 19.2 Å². The van der Waals surface area contributed by atoms with Crippen LogP contribution in [0.1, 0.15) is 43.9 Å². The maximum Gasteiger partial charge on any atom is 0.265 e. The Bertz CT molecular complexity index is 1500. The van der Waals surface area contributed by atoms with Crippen LogP contribution in [0, 0.1) is 6.92 Å². The van der Waals surface area contributed by atoms with E-state index in [-0.39, 0.29) is 22.6 Å². The second-order valence-electron chi connectivity index (χ2n) is 9.71.